The topological polar surface area (TPSA) is 57.7 Å². The Morgan fingerprint density at radius 2 is 1.85 bits per heavy atom. The van der Waals surface area contributed by atoms with Crippen molar-refractivity contribution in [2.75, 3.05) is 24.5 Å². The van der Waals surface area contributed by atoms with Gasteiger partial charge in [0.25, 0.3) is 5.91 Å². The second-order valence-electron chi connectivity index (χ2n) is 6.81. The fourth-order valence-electron chi connectivity index (χ4n) is 3.59. The fraction of sp³-hybridized carbons (Fsp3) is 0.381. The van der Waals surface area contributed by atoms with Crippen molar-refractivity contribution in [3.05, 3.63) is 59.2 Å². The molecule has 2 aromatic carbocycles. The molecule has 5 nitrogen and oxygen atoms in total. The molecule has 1 aliphatic heterocycles. The van der Waals surface area contributed by atoms with Crippen LogP contribution in [-0.4, -0.2) is 38.3 Å². The smallest absolute Gasteiger partial charge is 0.258 e. The molecule has 0 saturated carbocycles. The summed E-state index contributed by atoms with van der Waals surface area (Å²) in [4.78, 5) is 15.1. The van der Waals surface area contributed by atoms with Crippen molar-refractivity contribution in [1.29, 1.82) is 0 Å². The number of hydrogen-bond donors (Lipinski definition) is 0. The van der Waals surface area contributed by atoms with Crippen LogP contribution in [0.4, 0.5) is 5.69 Å². The van der Waals surface area contributed by atoms with Gasteiger partial charge in [-0.25, -0.2) is 8.42 Å². The second-order valence-corrected chi connectivity index (χ2v) is 8.75. The number of carbonyl (C=O) groups excluding carboxylic acids is 1. The molecule has 0 aromatic heterocycles. The Bertz CT molecular complexity index is 950. The highest BCUT2D eigenvalue weighted by Gasteiger charge is 2.27. The van der Waals surface area contributed by atoms with E-state index in [1.165, 1.54) is 4.31 Å². The van der Waals surface area contributed by atoms with Crippen LogP contribution in [0.3, 0.4) is 0 Å². The van der Waals surface area contributed by atoms with E-state index in [0.29, 0.717) is 30.1 Å². The molecule has 27 heavy (non-hydrogen) atoms. The fourth-order valence-corrected chi connectivity index (χ4v) is 5.10. The number of benzene rings is 2. The molecular formula is C21H26N2O3S. The number of anilines is 1. The van der Waals surface area contributed by atoms with E-state index < -0.39 is 10.0 Å². The third kappa shape index (κ3) is 3.77. The SMILES string of the molecule is CCN(CC)S(=O)(=O)c1ccc2c(c1)CCCN2C(=O)c1cccc(C)c1. The summed E-state index contributed by atoms with van der Waals surface area (Å²) >= 11 is 0. The van der Waals surface area contributed by atoms with E-state index in [0.717, 1.165) is 29.7 Å². The molecule has 6 heteroatoms. The van der Waals surface area contributed by atoms with Crippen LogP contribution < -0.4 is 4.90 Å². The molecule has 1 aliphatic rings. The Hall–Kier alpha value is -2.18. The van der Waals surface area contributed by atoms with Gasteiger partial charge in [-0.05, 0) is 55.7 Å². The number of nitrogens with zero attached hydrogens (tertiary/aromatic N) is 2. The van der Waals surface area contributed by atoms with Gasteiger partial charge < -0.3 is 4.90 Å². The van der Waals surface area contributed by atoms with E-state index in [1.807, 2.05) is 45.0 Å². The van der Waals surface area contributed by atoms with Crippen molar-refractivity contribution in [2.45, 2.75) is 38.5 Å². The summed E-state index contributed by atoms with van der Waals surface area (Å²) in [5, 5.41) is 0. The predicted octanol–water partition coefficient (Wildman–Crippen LogP) is 3.62. The van der Waals surface area contributed by atoms with Crippen molar-refractivity contribution in [2.24, 2.45) is 0 Å². The lowest BCUT2D eigenvalue weighted by atomic mass is 10.0. The lowest BCUT2D eigenvalue weighted by Crippen LogP contribution is -2.36. The van der Waals surface area contributed by atoms with E-state index in [4.69, 9.17) is 0 Å². The van der Waals surface area contributed by atoms with Crippen molar-refractivity contribution >= 4 is 21.6 Å². The van der Waals surface area contributed by atoms with Gasteiger partial charge in [0.2, 0.25) is 10.0 Å². The minimum atomic E-state index is -3.50. The molecule has 0 atom stereocenters. The Kier molecular flexibility index (Phi) is 5.67. The number of sulfonamides is 1. The maximum Gasteiger partial charge on any atom is 0.258 e. The predicted molar refractivity (Wildman–Crippen MR) is 108 cm³/mol. The van der Waals surface area contributed by atoms with Gasteiger partial charge in [0.05, 0.1) is 4.90 Å². The molecule has 0 unspecified atom stereocenters. The van der Waals surface area contributed by atoms with Gasteiger partial charge >= 0.3 is 0 Å². The van der Waals surface area contributed by atoms with Crippen molar-refractivity contribution in [3.63, 3.8) is 0 Å². The lowest BCUT2D eigenvalue weighted by molar-refractivity contribution is 0.0985. The van der Waals surface area contributed by atoms with Gasteiger partial charge in [-0.2, -0.15) is 4.31 Å². The summed E-state index contributed by atoms with van der Waals surface area (Å²) in [6.07, 6.45) is 1.59. The van der Waals surface area contributed by atoms with Crippen LogP contribution in [0.5, 0.6) is 0 Å². The van der Waals surface area contributed by atoms with Crippen molar-refractivity contribution in [1.82, 2.24) is 4.31 Å². The van der Waals surface area contributed by atoms with E-state index in [9.17, 15) is 13.2 Å². The monoisotopic (exact) mass is 386 g/mol. The molecule has 0 fully saturated rings. The summed E-state index contributed by atoms with van der Waals surface area (Å²) in [6, 6.07) is 12.7. The quantitative estimate of drug-likeness (QED) is 0.789. The van der Waals surface area contributed by atoms with Gasteiger partial charge in [0.15, 0.2) is 0 Å². The third-order valence-electron chi connectivity index (χ3n) is 5.02. The molecule has 0 radical (unpaired) electrons. The number of rotatable bonds is 5. The average Bonchev–Trinajstić information content (AvgIpc) is 2.67. The van der Waals surface area contributed by atoms with Gasteiger partial charge in [0, 0.05) is 30.9 Å². The van der Waals surface area contributed by atoms with E-state index in [2.05, 4.69) is 0 Å². The summed E-state index contributed by atoms with van der Waals surface area (Å²) in [5.41, 5.74) is 3.42. The molecule has 0 N–H and O–H groups in total. The molecule has 0 spiro atoms. The molecule has 2 aromatic rings. The zero-order chi connectivity index (χ0) is 19.6. The Balaban J connectivity index is 1.97. The summed E-state index contributed by atoms with van der Waals surface area (Å²) < 4.78 is 27.1. The number of hydrogen-bond acceptors (Lipinski definition) is 3. The third-order valence-corrected chi connectivity index (χ3v) is 7.07. The van der Waals surface area contributed by atoms with Gasteiger partial charge in [0.1, 0.15) is 0 Å². The van der Waals surface area contributed by atoms with Crippen LogP contribution in [0.15, 0.2) is 47.4 Å². The molecule has 144 valence electrons. The maximum absolute atomic E-state index is 13.0. The first-order valence-corrected chi connectivity index (χ1v) is 10.8. The molecular weight excluding hydrogens is 360 g/mol. The highest BCUT2D eigenvalue weighted by Crippen LogP contribution is 2.31. The molecule has 1 heterocycles. The number of carbonyl (C=O) groups is 1. The van der Waals surface area contributed by atoms with Crippen LogP contribution in [-0.2, 0) is 16.4 Å². The van der Waals surface area contributed by atoms with Gasteiger partial charge in [-0.1, -0.05) is 31.5 Å². The standard InChI is InChI=1S/C21H26N2O3S/c1-4-22(5-2)27(25,26)19-11-12-20-17(15-19)10-7-13-23(20)21(24)18-9-6-8-16(3)14-18/h6,8-9,11-12,14-15H,4-5,7,10,13H2,1-3H3. The Morgan fingerprint density at radius 3 is 2.52 bits per heavy atom. The molecule has 3 rings (SSSR count). The summed E-state index contributed by atoms with van der Waals surface area (Å²) in [5.74, 6) is -0.0426. The van der Waals surface area contributed by atoms with Crippen LogP contribution in [0, 0.1) is 6.92 Å². The van der Waals surface area contributed by atoms with Crippen molar-refractivity contribution < 1.29 is 13.2 Å². The highest BCUT2D eigenvalue weighted by molar-refractivity contribution is 7.89. The van der Waals surface area contributed by atoms with Crippen LogP contribution >= 0.6 is 0 Å². The van der Waals surface area contributed by atoms with E-state index >= 15 is 0 Å². The first kappa shape index (κ1) is 19.6. The van der Waals surface area contributed by atoms with Gasteiger partial charge in [-0.3, -0.25) is 4.79 Å². The first-order valence-electron chi connectivity index (χ1n) is 9.40. The lowest BCUT2D eigenvalue weighted by Gasteiger charge is -2.30. The van der Waals surface area contributed by atoms with Crippen molar-refractivity contribution in [3.8, 4) is 0 Å². The molecule has 1 amide bonds. The van der Waals surface area contributed by atoms with Gasteiger partial charge in [-0.15, -0.1) is 0 Å². The van der Waals surface area contributed by atoms with Crippen LogP contribution in [0.25, 0.3) is 0 Å². The zero-order valence-corrected chi connectivity index (χ0v) is 16.9. The van der Waals surface area contributed by atoms with E-state index in [-0.39, 0.29) is 5.91 Å². The Labute approximate surface area is 161 Å². The molecule has 0 saturated heterocycles. The summed E-state index contributed by atoms with van der Waals surface area (Å²) in [7, 11) is -3.50. The number of aryl methyl sites for hydroxylation is 2. The largest absolute Gasteiger partial charge is 0.308 e. The number of amides is 1. The highest BCUT2D eigenvalue weighted by atomic mass is 32.2. The van der Waals surface area contributed by atoms with Crippen LogP contribution in [0.1, 0.15) is 41.8 Å². The van der Waals surface area contributed by atoms with E-state index in [1.54, 1.807) is 23.1 Å². The minimum Gasteiger partial charge on any atom is -0.308 e. The molecule has 0 aliphatic carbocycles. The normalized spacial score (nSPS) is 14.3. The zero-order valence-electron chi connectivity index (χ0n) is 16.1. The Morgan fingerprint density at radius 1 is 1.11 bits per heavy atom. The molecule has 0 bridgehead atoms. The first-order chi connectivity index (χ1) is 12.9. The maximum atomic E-state index is 13.0. The minimum absolute atomic E-state index is 0.0426. The average molecular weight is 387 g/mol. The second kappa shape index (κ2) is 7.82. The number of fused-ring (bicyclic) bond motifs is 1. The summed E-state index contributed by atoms with van der Waals surface area (Å²) in [6.45, 7) is 7.15. The van der Waals surface area contributed by atoms with Crippen LogP contribution in [0.2, 0.25) is 0 Å².